The quantitative estimate of drug-likeness (QED) is 0.523. The van der Waals surface area contributed by atoms with Crippen molar-refractivity contribution in [1.82, 2.24) is 16.2 Å². The maximum absolute atomic E-state index is 12.0. The molecule has 1 fully saturated rings. The van der Waals surface area contributed by atoms with Crippen molar-refractivity contribution in [3.8, 4) is 11.5 Å². The zero-order valence-electron chi connectivity index (χ0n) is 13.8. The Balaban J connectivity index is 1.69. The molecule has 1 amide bonds. The number of thiocarbonyl (C=S) groups is 1. The molecule has 3 N–H and O–H groups in total. The highest BCUT2D eigenvalue weighted by molar-refractivity contribution is 7.80. The van der Waals surface area contributed by atoms with Crippen molar-refractivity contribution in [3.05, 3.63) is 24.3 Å². The van der Waals surface area contributed by atoms with E-state index in [9.17, 15) is 4.79 Å². The van der Waals surface area contributed by atoms with Gasteiger partial charge in [0.25, 0.3) is 5.91 Å². The molecule has 0 aromatic heterocycles. The van der Waals surface area contributed by atoms with Gasteiger partial charge in [-0.3, -0.25) is 15.6 Å². The lowest BCUT2D eigenvalue weighted by molar-refractivity contribution is -0.127. The van der Waals surface area contributed by atoms with E-state index in [1.165, 1.54) is 0 Å². The first-order valence-electron chi connectivity index (χ1n) is 7.84. The van der Waals surface area contributed by atoms with Crippen molar-refractivity contribution in [3.63, 3.8) is 0 Å². The van der Waals surface area contributed by atoms with Gasteiger partial charge < -0.3 is 19.5 Å². The van der Waals surface area contributed by atoms with Crippen LogP contribution in [0.1, 0.15) is 19.8 Å². The number of methoxy groups -OCH3 is 1. The van der Waals surface area contributed by atoms with E-state index in [1.807, 2.05) is 0 Å². The summed E-state index contributed by atoms with van der Waals surface area (Å²) < 4.78 is 16.2. The van der Waals surface area contributed by atoms with Crippen molar-refractivity contribution in [1.29, 1.82) is 0 Å². The summed E-state index contributed by atoms with van der Waals surface area (Å²) in [6.07, 6.45) is 1.58. The minimum absolute atomic E-state index is 0.177. The first-order chi connectivity index (χ1) is 11.6. The van der Waals surface area contributed by atoms with Gasteiger partial charge in [-0.05, 0) is 44.1 Å². The summed E-state index contributed by atoms with van der Waals surface area (Å²) >= 11 is 5.11. The molecule has 2 rings (SSSR count). The van der Waals surface area contributed by atoms with Crippen molar-refractivity contribution < 1.29 is 19.0 Å². The Labute approximate surface area is 147 Å². The first kappa shape index (κ1) is 18.3. The molecule has 1 aromatic carbocycles. The number of carbonyl (C=O) groups excluding carboxylic acids is 1. The number of benzene rings is 1. The summed E-state index contributed by atoms with van der Waals surface area (Å²) in [5.74, 6) is 0.882. The number of amides is 1. The number of nitrogens with one attached hydrogen (secondary N) is 3. The normalized spacial score (nSPS) is 17.7. The minimum atomic E-state index is -0.689. The predicted molar refractivity (Wildman–Crippen MR) is 93.9 cm³/mol. The summed E-state index contributed by atoms with van der Waals surface area (Å²) in [4.78, 5) is 12.0. The van der Waals surface area contributed by atoms with Gasteiger partial charge in [0.1, 0.15) is 11.5 Å². The maximum Gasteiger partial charge on any atom is 0.279 e. The van der Waals surface area contributed by atoms with Crippen LogP contribution in [0, 0.1) is 0 Å². The lowest BCUT2D eigenvalue weighted by atomic mass is 10.2. The van der Waals surface area contributed by atoms with Crippen LogP contribution in [-0.2, 0) is 9.53 Å². The second-order valence-corrected chi connectivity index (χ2v) is 5.81. The van der Waals surface area contributed by atoms with E-state index in [0.29, 0.717) is 23.2 Å². The van der Waals surface area contributed by atoms with Crippen molar-refractivity contribution in [2.24, 2.45) is 0 Å². The van der Waals surface area contributed by atoms with E-state index in [0.717, 1.165) is 19.4 Å². The maximum atomic E-state index is 12.0. The molecule has 0 radical (unpaired) electrons. The molecule has 132 valence electrons. The Hall–Kier alpha value is -2.06. The number of hydrazine groups is 1. The molecule has 0 aliphatic carbocycles. The van der Waals surface area contributed by atoms with E-state index < -0.39 is 6.10 Å². The lowest BCUT2D eigenvalue weighted by Gasteiger charge is -2.17. The van der Waals surface area contributed by atoms with Gasteiger partial charge in [0, 0.05) is 19.2 Å². The Morgan fingerprint density at radius 3 is 2.92 bits per heavy atom. The molecule has 1 saturated heterocycles. The molecule has 1 aromatic rings. The van der Waals surface area contributed by atoms with Crippen LogP contribution in [0.15, 0.2) is 24.3 Å². The molecular formula is C16H23N3O4S. The molecule has 0 unspecified atom stereocenters. The van der Waals surface area contributed by atoms with E-state index in [1.54, 1.807) is 38.3 Å². The third-order valence-corrected chi connectivity index (χ3v) is 3.78. The SMILES string of the molecule is COc1cccc(O[C@@H](C)C(=O)NNC(=S)NC[C@H]2CCCO2)c1. The van der Waals surface area contributed by atoms with E-state index in [2.05, 4.69) is 16.2 Å². The summed E-state index contributed by atoms with van der Waals surface area (Å²) in [6.45, 7) is 3.07. The number of carbonyl (C=O) groups is 1. The minimum Gasteiger partial charge on any atom is -0.497 e. The molecule has 1 heterocycles. The van der Waals surface area contributed by atoms with Crippen LogP contribution < -0.4 is 25.6 Å². The van der Waals surface area contributed by atoms with Gasteiger partial charge >= 0.3 is 0 Å². The van der Waals surface area contributed by atoms with Crippen molar-refractivity contribution in [2.45, 2.75) is 32.0 Å². The molecular weight excluding hydrogens is 330 g/mol. The average molecular weight is 353 g/mol. The van der Waals surface area contributed by atoms with Gasteiger partial charge in [-0.15, -0.1) is 0 Å². The van der Waals surface area contributed by atoms with Gasteiger partial charge in [-0.2, -0.15) is 0 Å². The van der Waals surface area contributed by atoms with Gasteiger partial charge in [0.2, 0.25) is 0 Å². The summed E-state index contributed by atoms with van der Waals surface area (Å²) in [7, 11) is 1.57. The summed E-state index contributed by atoms with van der Waals surface area (Å²) in [6, 6.07) is 7.07. The number of rotatable bonds is 6. The fourth-order valence-electron chi connectivity index (χ4n) is 2.21. The molecule has 1 aliphatic rings. The van der Waals surface area contributed by atoms with Gasteiger partial charge in [-0.25, -0.2) is 0 Å². The zero-order chi connectivity index (χ0) is 17.4. The number of ether oxygens (including phenoxy) is 3. The molecule has 2 atom stereocenters. The van der Waals surface area contributed by atoms with E-state index in [4.69, 9.17) is 26.4 Å². The smallest absolute Gasteiger partial charge is 0.279 e. The Kier molecular flexibility index (Phi) is 7.07. The molecule has 0 saturated carbocycles. The third kappa shape index (κ3) is 5.86. The average Bonchev–Trinajstić information content (AvgIpc) is 3.11. The highest BCUT2D eigenvalue weighted by Crippen LogP contribution is 2.19. The van der Waals surface area contributed by atoms with Gasteiger partial charge in [0.05, 0.1) is 13.2 Å². The van der Waals surface area contributed by atoms with Crippen LogP contribution in [0.3, 0.4) is 0 Å². The van der Waals surface area contributed by atoms with Crippen LogP contribution in [0.5, 0.6) is 11.5 Å². The predicted octanol–water partition coefficient (Wildman–Crippen LogP) is 1.14. The third-order valence-electron chi connectivity index (χ3n) is 3.54. The highest BCUT2D eigenvalue weighted by Gasteiger charge is 2.17. The first-order valence-corrected chi connectivity index (χ1v) is 8.25. The van der Waals surface area contributed by atoms with Crippen molar-refractivity contribution in [2.75, 3.05) is 20.3 Å². The Morgan fingerprint density at radius 2 is 2.21 bits per heavy atom. The summed E-state index contributed by atoms with van der Waals surface area (Å²) in [5, 5.41) is 3.35. The Morgan fingerprint density at radius 1 is 1.42 bits per heavy atom. The molecule has 7 nitrogen and oxygen atoms in total. The van der Waals surface area contributed by atoms with Crippen LogP contribution in [0.25, 0.3) is 0 Å². The number of hydrogen-bond donors (Lipinski definition) is 3. The van der Waals surface area contributed by atoms with Crippen molar-refractivity contribution >= 4 is 23.2 Å². The fourth-order valence-corrected chi connectivity index (χ4v) is 2.34. The van der Waals surface area contributed by atoms with Crippen LogP contribution in [0.4, 0.5) is 0 Å². The fraction of sp³-hybridized carbons (Fsp3) is 0.500. The standard InChI is InChI=1S/C16H23N3O4S/c1-11(23-13-6-3-5-12(9-13)21-2)15(20)18-19-16(24)17-10-14-7-4-8-22-14/h3,5-6,9,11,14H,4,7-8,10H2,1-2H3,(H,18,20)(H2,17,19,24)/t11-,14+/m0/s1. The zero-order valence-corrected chi connectivity index (χ0v) is 14.7. The topological polar surface area (TPSA) is 80.9 Å². The molecule has 24 heavy (non-hydrogen) atoms. The van der Waals surface area contributed by atoms with Crippen LogP contribution in [0.2, 0.25) is 0 Å². The molecule has 8 heteroatoms. The van der Waals surface area contributed by atoms with Crippen LogP contribution >= 0.6 is 12.2 Å². The second-order valence-electron chi connectivity index (χ2n) is 5.40. The monoisotopic (exact) mass is 353 g/mol. The summed E-state index contributed by atoms with van der Waals surface area (Å²) in [5.41, 5.74) is 5.17. The van der Waals surface area contributed by atoms with E-state index in [-0.39, 0.29) is 12.0 Å². The highest BCUT2D eigenvalue weighted by atomic mass is 32.1. The molecule has 0 bridgehead atoms. The van der Waals surface area contributed by atoms with E-state index >= 15 is 0 Å². The molecule has 1 aliphatic heterocycles. The van der Waals surface area contributed by atoms with Gasteiger partial charge in [0.15, 0.2) is 11.2 Å². The molecule has 0 spiro atoms. The number of hydrogen-bond acceptors (Lipinski definition) is 5. The second kappa shape index (κ2) is 9.29. The van der Waals surface area contributed by atoms with Crippen LogP contribution in [-0.4, -0.2) is 43.5 Å². The lowest BCUT2D eigenvalue weighted by Crippen LogP contribution is -2.51. The largest absolute Gasteiger partial charge is 0.497 e. The van der Waals surface area contributed by atoms with Gasteiger partial charge in [-0.1, -0.05) is 6.07 Å². The Bertz CT molecular complexity index is 564.